The number of carbonyl (C=O) groups excluding carboxylic acids is 2. The molecule has 0 saturated heterocycles. The lowest BCUT2D eigenvalue weighted by Gasteiger charge is -2.14. The highest BCUT2D eigenvalue weighted by Crippen LogP contribution is 1.99. The first-order valence-electron chi connectivity index (χ1n) is 5.48. The summed E-state index contributed by atoms with van der Waals surface area (Å²) in [7, 11) is 0. The number of amides is 1. The Bertz CT molecular complexity index is 395. The smallest absolute Gasteiger partial charge is 0.326 e. The van der Waals surface area contributed by atoms with Gasteiger partial charge in [0.25, 0.3) is 5.91 Å². The second-order valence-electron chi connectivity index (χ2n) is 3.58. The van der Waals surface area contributed by atoms with Crippen molar-refractivity contribution in [1.29, 1.82) is 0 Å². The first kappa shape index (κ1) is 17.3. The molecule has 0 aliphatic rings. The van der Waals surface area contributed by atoms with Gasteiger partial charge in [0.15, 0.2) is 5.75 Å². The van der Waals surface area contributed by atoms with Crippen LogP contribution in [-0.2, 0) is 25.6 Å². The van der Waals surface area contributed by atoms with Crippen molar-refractivity contribution in [1.82, 2.24) is 5.32 Å². The molecule has 19 heavy (non-hydrogen) atoms. The maximum atomic E-state index is 11.4. The zero-order valence-corrected chi connectivity index (χ0v) is 11.2. The van der Waals surface area contributed by atoms with Crippen LogP contribution in [0.3, 0.4) is 0 Å². The number of aliphatic carboxylic acids is 1. The third kappa shape index (κ3) is 8.09. The van der Waals surface area contributed by atoms with Crippen LogP contribution in [0.5, 0.6) is 0 Å². The Hall–Kier alpha value is -1.70. The normalized spacial score (nSPS) is 12.9. The Labute approximate surface area is 113 Å². The van der Waals surface area contributed by atoms with Crippen molar-refractivity contribution in [3.8, 4) is 0 Å². The van der Waals surface area contributed by atoms with E-state index in [4.69, 9.17) is 10.6 Å². The summed E-state index contributed by atoms with van der Waals surface area (Å²) in [4.78, 5) is 35.8. The highest BCUT2D eigenvalue weighted by Gasteiger charge is 2.23. The summed E-state index contributed by atoms with van der Waals surface area (Å²) >= 11 is -1.33. The Morgan fingerprint density at radius 3 is 2.63 bits per heavy atom. The number of carbonyl (C=O) groups is 3. The fraction of sp³-hybridized carbons (Fsp3) is 0.600. The molecule has 0 heterocycles. The summed E-state index contributed by atoms with van der Waals surface area (Å²) in [6.07, 6.45) is 0.343. The SMILES string of the molecule is CC[S+]([O-])CC(=O)NC(CCC(=O)C=[N+]=[N-])C(=O)O. The lowest BCUT2D eigenvalue weighted by atomic mass is 10.1. The minimum Gasteiger partial charge on any atom is -0.616 e. The first-order chi connectivity index (χ1) is 8.90. The summed E-state index contributed by atoms with van der Waals surface area (Å²) in [6.45, 7) is 1.64. The Morgan fingerprint density at radius 1 is 1.53 bits per heavy atom. The van der Waals surface area contributed by atoms with E-state index >= 15 is 0 Å². The summed E-state index contributed by atoms with van der Waals surface area (Å²) < 4.78 is 11.1. The van der Waals surface area contributed by atoms with Crippen LogP contribution in [0.4, 0.5) is 0 Å². The van der Waals surface area contributed by atoms with E-state index in [0.29, 0.717) is 12.0 Å². The second-order valence-corrected chi connectivity index (χ2v) is 5.33. The predicted octanol–water partition coefficient (Wildman–Crippen LogP) is -1.03. The Kier molecular flexibility index (Phi) is 8.43. The standard InChI is InChI=1S/C10H15N3O5S/c1-2-19(18)6-9(15)13-8(10(16)17)4-3-7(14)5-12-11/h5,8H,2-4,6H2,1H3,(H,13,15)(H,16,17). The fourth-order valence-corrected chi connectivity index (χ4v) is 1.74. The van der Waals surface area contributed by atoms with Gasteiger partial charge in [-0.15, -0.1) is 0 Å². The van der Waals surface area contributed by atoms with Gasteiger partial charge in [-0.25, -0.2) is 4.79 Å². The number of carboxylic acid groups (broad SMARTS) is 1. The quantitative estimate of drug-likeness (QED) is 0.241. The molecule has 2 N–H and O–H groups in total. The van der Waals surface area contributed by atoms with Gasteiger partial charge in [0, 0.05) is 6.42 Å². The third-order valence-corrected chi connectivity index (χ3v) is 3.36. The van der Waals surface area contributed by atoms with E-state index in [9.17, 15) is 18.9 Å². The molecule has 9 heteroatoms. The van der Waals surface area contributed by atoms with E-state index in [1.165, 1.54) is 0 Å². The van der Waals surface area contributed by atoms with E-state index in [-0.39, 0.29) is 18.6 Å². The number of ketones is 1. The van der Waals surface area contributed by atoms with Crippen LogP contribution < -0.4 is 5.32 Å². The topological polar surface area (TPSA) is 143 Å². The van der Waals surface area contributed by atoms with Gasteiger partial charge in [-0.05, 0) is 24.5 Å². The fourth-order valence-electron chi connectivity index (χ4n) is 1.16. The van der Waals surface area contributed by atoms with Crippen LogP contribution in [-0.4, -0.2) is 55.9 Å². The van der Waals surface area contributed by atoms with Gasteiger partial charge in [-0.2, -0.15) is 4.79 Å². The molecule has 0 aliphatic heterocycles. The number of Topliss-reactive ketones (excluding diaryl/α,β-unsaturated/α-hetero) is 1. The molecule has 0 rings (SSSR count). The first-order valence-corrected chi connectivity index (χ1v) is 6.96. The molecule has 0 aromatic rings. The number of hydrogen-bond donors (Lipinski definition) is 2. The lowest BCUT2D eigenvalue weighted by molar-refractivity contribution is -0.141. The van der Waals surface area contributed by atoms with Crippen molar-refractivity contribution in [2.75, 3.05) is 11.5 Å². The Balaban J connectivity index is 4.34. The molecule has 106 valence electrons. The van der Waals surface area contributed by atoms with Gasteiger partial charge in [0.1, 0.15) is 11.8 Å². The zero-order chi connectivity index (χ0) is 14.8. The van der Waals surface area contributed by atoms with Gasteiger partial charge < -0.3 is 20.5 Å². The molecule has 2 atom stereocenters. The van der Waals surface area contributed by atoms with Gasteiger partial charge in [-0.3, -0.25) is 9.59 Å². The van der Waals surface area contributed by atoms with Gasteiger partial charge in [-0.1, -0.05) is 0 Å². The molecule has 0 aliphatic carbocycles. The van der Waals surface area contributed by atoms with Crippen molar-refractivity contribution < 1.29 is 28.8 Å². The third-order valence-electron chi connectivity index (χ3n) is 2.13. The molecule has 0 spiro atoms. The monoisotopic (exact) mass is 289 g/mol. The Morgan fingerprint density at radius 2 is 2.16 bits per heavy atom. The van der Waals surface area contributed by atoms with Crippen molar-refractivity contribution in [3.63, 3.8) is 0 Å². The molecule has 0 bridgehead atoms. The zero-order valence-electron chi connectivity index (χ0n) is 10.4. The van der Waals surface area contributed by atoms with E-state index in [1.54, 1.807) is 6.92 Å². The minimum absolute atomic E-state index is 0.134. The molecule has 2 unspecified atom stereocenters. The molecule has 0 saturated carbocycles. The summed E-state index contributed by atoms with van der Waals surface area (Å²) in [6, 6.07) is -1.24. The molecule has 0 radical (unpaired) electrons. The van der Waals surface area contributed by atoms with Crippen LogP contribution in [0.1, 0.15) is 19.8 Å². The van der Waals surface area contributed by atoms with Crippen molar-refractivity contribution >= 4 is 35.1 Å². The van der Waals surface area contributed by atoms with Gasteiger partial charge >= 0.3 is 12.2 Å². The summed E-state index contributed by atoms with van der Waals surface area (Å²) in [5.74, 6) is -2.46. The average molecular weight is 289 g/mol. The molecule has 0 aromatic heterocycles. The number of nitrogens with zero attached hydrogens (tertiary/aromatic N) is 2. The van der Waals surface area contributed by atoms with Crippen LogP contribution in [0.25, 0.3) is 5.53 Å². The largest absolute Gasteiger partial charge is 0.616 e. The van der Waals surface area contributed by atoms with Crippen molar-refractivity contribution in [2.45, 2.75) is 25.8 Å². The molecule has 1 amide bonds. The summed E-state index contributed by atoms with van der Waals surface area (Å²) in [5.41, 5.74) is 8.11. The number of nitrogens with one attached hydrogen (secondary N) is 1. The van der Waals surface area contributed by atoms with Crippen molar-refractivity contribution in [3.05, 3.63) is 5.53 Å². The predicted molar refractivity (Wildman–Crippen MR) is 67.0 cm³/mol. The average Bonchev–Trinajstić information content (AvgIpc) is 2.34. The highest BCUT2D eigenvalue weighted by molar-refractivity contribution is 7.92. The number of carboxylic acids is 1. The van der Waals surface area contributed by atoms with E-state index < -0.39 is 34.9 Å². The van der Waals surface area contributed by atoms with Crippen molar-refractivity contribution in [2.24, 2.45) is 0 Å². The van der Waals surface area contributed by atoms with Crippen LogP contribution in [0.2, 0.25) is 0 Å². The maximum Gasteiger partial charge on any atom is 0.326 e. The second kappa shape index (κ2) is 9.26. The molecular formula is C10H15N3O5S. The molecule has 0 fully saturated rings. The van der Waals surface area contributed by atoms with Gasteiger partial charge in [0.2, 0.25) is 5.78 Å². The lowest BCUT2D eigenvalue weighted by Crippen LogP contribution is -2.43. The maximum absolute atomic E-state index is 11.4. The van der Waals surface area contributed by atoms with Gasteiger partial charge in [0.05, 0.1) is 0 Å². The van der Waals surface area contributed by atoms with Crippen LogP contribution in [0, 0.1) is 0 Å². The molecular weight excluding hydrogens is 274 g/mol. The highest BCUT2D eigenvalue weighted by atomic mass is 32.2. The number of hydrogen-bond acceptors (Lipinski definition) is 4. The summed E-state index contributed by atoms with van der Waals surface area (Å²) in [5, 5.41) is 11.1. The van der Waals surface area contributed by atoms with Crippen LogP contribution in [0.15, 0.2) is 0 Å². The molecule has 8 nitrogen and oxygen atoms in total. The van der Waals surface area contributed by atoms with E-state index in [2.05, 4.69) is 10.1 Å². The molecule has 0 aromatic carbocycles. The van der Waals surface area contributed by atoms with E-state index in [1.807, 2.05) is 0 Å². The van der Waals surface area contributed by atoms with Crippen LogP contribution >= 0.6 is 0 Å². The number of rotatable bonds is 9. The minimum atomic E-state index is -1.33. The van der Waals surface area contributed by atoms with E-state index in [0.717, 1.165) is 0 Å².